The molecule has 20 heavy (non-hydrogen) atoms. The zero-order valence-corrected chi connectivity index (χ0v) is 12.4. The minimum Gasteiger partial charge on any atom is -0.403 e. The Morgan fingerprint density at radius 3 is 2.35 bits per heavy atom. The van der Waals surface area contributed by atoms with Crippen LogP contribution in [0.4, 0.5) is 4.39 Å². The van der Waals surface area contributed by atoms with Gasteiger partial charge in [0.1, 0.15) is 5.82 Å². The van der Waals surface area contributed by atoms with E-state index in [1.54, 1.807) is 6.07 Å². The predicted octanol–water partition coefficient (Wildman–Crippen LogP) is 3.33. The van der Waals surface area contributed by atoms with Crippen molar-refractivity contribution in [1.82, 2.24) is 0 Å². The molecule has 0 spiro atoms. The van der Waals surface area contributed by atoms with Crippen molar-refractivity contribution in [3.05, 3.63) is 35.1 Å². The van der Waals surface area contributed by atoms with Crippen LogP contribution in [0.5, 0.6) is 0 Å². The smallest absolute Gasteiger partial charge is 0.403 e. The minimum absolute atomic E-state index is 0.295. The molecular weight excluding hydrogens is 256 g/mol. The third-order valence-electron chi connectivity index (χ3n) is 4.14. The maximum atomic E-state index is 13.1. The fraction of sp³-hybridized carbons (Fsp3) is 0.533. The molecule has 0 aromatic heterocycles. The lowest BCUT2D eigenvalue weighted by Crippen LogP contribution is -2.41. The minimum atomic E-state index is -0.388. The third-order valence-corrected chi connectivity index (χ3v) is 4.14. The largest absolute Gasteiger partial charge is 0.458 e. The normalized spacial score (nSPS) is 19.9. The maximum Gasteiger partial charge on any atom is 0.458 e. The number of nitrogens with zero attached hydrogens (tertiary/aromatic N) is 1. The summed E-state index contributed by atoms with van der Waals surface area (Å²) in [6.07, 6.45) is 1.27. The van der Waals surface area contributed by atoms with E-state index in [1.807, 2.05) is 33.8 Å². The number of aryl methyl sites for hydroxylation is 1. The Labute approximate surface area is 119 Å². The first-order valence-corrected chi connectivity index (χ1v) is 6.79. The van der Waals surface area contributed by atoms with Gasteiger partial charge in [-0.3, -0.25) is 0 Å². The van der Waals surface area contributed by atoms with Gasteiger partial charge in [-0.05, 0) is 58.1 Å². The molecule has 3 nitrogen and oxygen atoms in total. The standard InChI is InChI=1S/C15H19BFNO2/c1-14(2)15(3,4)20-16(19-14)8-7-11-5-6-13(17)9-12(11)10-18/h5-6,9H,7-8H2,1-4H3. The number of halogens is 1. The maximum absolute atomic E-state index is 13.1. The first-order chi connectivity index (χ1) is 9.25. The molecule has 1 saturated heterocycles. The van der Waals surface area contributed by atoms with E-state index in [0.29, 0.717) is 18.3 Å². The summed E-state index contributed by atoms with van der Waals surface area (Å²) in [4.78, 5) is 0. The molecule has 106 valence electrons. The van der Waals surface area contributed by atoms with Gasteiger partial charge in [-0.2, -0.15) is 5.26 Å². The van der Waals surface area contributed by atoms with E-state index in [4.69, 9.17) is 14.6 Å². The number of benzene rings is 1. The van der Waals surface area contributed by atoms with Crippen molar-refractivity contribution in [2.45, 2.75) is 51.6 Å². The lowest BCUT2D eigenvalue weighted by Gasteiger charge is -2.32. The van der Waals surface area contributed by atoms with Crippen molar-refractivity contribution in [1.29, 1.82) is 5.26 Å². The van der Waals surface area contributed by atoms with E-state index in [1.165, 1.54) is 12.1 Å². The number of nitriles is 1. The Bertz CT molecular complexity index is 535. The van der Waals surface area contributed by atoms with Crippen molar-refractivity contribution < 1.29 is 13.7 Å². The van der Waals surface area contributed by atoms with Gasteiger partial charge < -0.3 is 9.31 Å². The third kappa shape index (κ3) is 2.87. The van der Waals surface area contributed by atoms with Crippen molar-refractivity contribution in [2.75, 3.05) is 0 Å². The van der Waals surface area contributed by atoms with E-state index in [0.717, 1.165) is 5.56 Å². The topological polar surface area (TPSA) is 42.2 Å². The highest BCUT2D eigenvalue weighted by Crippen LogP contribution is 2.38. The molecule has 1 aliphatic rings. The lowest BCUT2D eigenvalue weighted by atomic mass is 9.81. The number of rotatable bonds is 3. The molecule has 0 amide bonds. The molecule has 0 bridgehead atoms. The lowest BCUT2D eigenvalue weighted by molar-refractivity contribution is 0.00578. The molecular formula is C15H19BFNO2. The van der Waals surface area contributed by atoms with Crippen molar-refractivity contribution >= 4 is 7.12 Å². The average molecular weight is 275 g/mol. The van der Waals surface area contributed by atoms with Crippen LogP contribution < -0.4 is 0 Å². The highest BCUT2D eigenvalue weighted by atomic mass is 19.1. The van der Waals surface area contributed by atoms with E-state index >= 15 is 0 Å². The van der Waals surface area contributed by atoms with Crippen molar-refractivity contribution in [3.8, 4) is 6.07 Å². The van der Waals surface area contributed by atoms with Gasteiger partial charge in [-0.1, -0.05) is 6.07 Å². The Kier molecular flexibility index (Phi) is 3.90. The second-order valence-electron chi connectivity index (χ2n) is 6.14. The van der Waals surface area contributed by atoms with Gasteiger partial charge >= 0.3 is 7.12 Å². The molecule has 1 heterocycles. The van der Waals surface area contributed by atoms with Gasteiger partial charge in [0.2, 0.25) is 0 Å². The fourth-order valence-corrected chi connectivity index (χ4v) is 2.23. The van der Waals surface area contributed by atoms with Crippen LogP contribution in [0, 0.1) is 17.1 Å². The fourth-order valence-electron chi connectivity index (χ4n) is 2.23. The second-order valence-corrected chi connectivity index (χ2v) is 6.14. The summed E-state index contributed by atoms with van der Waals surface area (Å²) in [7, 11) is -0.295. The summed E-state index contributed by atoms with van der Waals surface area (Å²) in [6, 6.07) is 6.31. The number of hydrogen-bond donors (Lipinski definition) is 0. The van der Waals surface area contributed by atoms with Crippen LogP contribution >= 0.6 is 0 Å². The van der Waals surface area contributed by atoms with Crippen LogP contribution in [0.2, 0.25) is 6.32 Å². The molecule has 1 aromatic carbocycles. The average Bonchev–Trinajstić information content (AvgIpc) is 2.56. The second kappa shape index (κ2) is 5.19. The van der Waals surface area contributed by atoms with E-state index in [-0.39, 0.29) is 24.1 Å². The van der Waals surface area contributed by atoms with Crippen LogP contribution in [-0.2, 0) is 15.7 Å². The van der Waals surface area contributed by atoms with E-state index < -0.39 is 0 Å². The molecule has 0 radical (unpaired) electrons. The molecule has 1 fully saturated rings. The van der Waals surface area contributed by atoms with E-state index in [2.05, 4.69) is 0 Å². The molecule has 0 saturated carbocycles. The summed E-state index contributed by atoms with van der Waals surface area (Å²) in [5, 5.41) is 9.02. The highest BCUT2D eigenvalue weighted by Gasteiger charge is 2.50. The van der Waals surface area contributed by atoms with Gasteiger partial charge in [-0.15, -0.1) is 0 Å². The summed E-state index contributed by atoms with van der Waals surface area (Å²) in [5.74, 6) is -0.388. The molecule has 1 aromatic rings. The first-order valence-electron chi connectivity index (χ1n) is 6.79. The van der Waals surface area contributed by atoms with Gasteiger partial charge in [0.05, 0.1) is 22.8 Å². The van der Waals surface area contributed by atoms with Crippen LogP contribution in [0.25, 0.3) is 0 Å². The van der Waals surface area contributed by atoms with Gasteiger partial charge in [0.25, 0.3) is 0 Å². The van der Waals surface area contributed by atoms with Crippen LogP contribution in [-0.4, -0.2) is 18.3 Å². The van der Waals surface area contributed by atoms with Crippen molar-refractivity contribution in [3.63, 3.8) is 0 Å². The Morgan fingerprint density at radius 2 is 1.80 bits per heavy atom. The first kappa shape index (κ1) is 15.0. The van der Waals surface area contributed by atoms with Crippen LogP contribution in [0.15, 0.2) is 18.2 Å². The van der Waals surface area contributed by atoms with Gasteiger partial charge in [0, 0.05) is 0 Å². The summed E-state index contributed by atoms with van der Waals surface area (Å²) in [5.41, 5.74) is 0.502. The zero-order chi connectivity index (χ0) is 15.0. The van der Waals surface area contributed by atoms with Crippen LogP contribution in [0.1, 0.15) is 38.8 Å². The molecule has 1 aliphatic heterocycles. The Balaban J connectivity index is 2.03. The number of hydrogen-bond acceptors (Lipinski definition) is 3. The van der Waals surface area contributed by atoms with Crippen molar-refractivity contribution in [2.24, 2.45) is 0 Å². The Morgan fingerprint density at radius 1 is 1.20 bits per heavy atom. The predicted molar refractivity (Wildman–Crippen MR) is 75.7 cm³/mol. The van der Waals surface area contributed by atoms with E-state index in [9.17, 15) is 4.39 Å². The van der Waals surface area contributed by atoms with Crippen LogP contribution in [0.3, 0.4) is 0 Å². The summed E-state index contributed by atoms with van der Waals surface area (Å²) < 4.78 is 24.9. The molecule has 0 unspecified atom stereocenters. The monoisotopic (exact) mass is 275 g/mol. The molecule has 0 atom stereocenters. The summed E-state index contributed by atoms with van der Waals surface area (Å²) >= 11 is 0. The van der Waals surface area contributed by atoms with Gasteiger partial charge in [-0.25, -0.2) is 4.39 Å². The summed E-state index contributed by atoms with van der Waals surface area (Å²) in [6.45, 7) is 8.02. The molecule has 5 heteroatoms. The quantitative estimate of drug-likeness (QED) is 0.794. The molecule has 0 N–H and O–H groups in total. The molecule has 0 aliphatic carbocycles. The highest BCUT2D eigenvalue weighted by molar-refractivity contribution is 6.45. The molecule has 2 rings (SSSR count). The SMILES string of the molecule is CC1(C)OB(CCc2ccc(F)cc2C#N)OC1(C)C. The zero-order valence-electron chi connectivity index (χ0n) is 12.4. The Hall–Kier alpha value is -1.38. The van der Waals surface area contributed by atoms with Gasteiger partial charge in [0.15, 0.2) is 0 Å².